The van der Waals surface area contributed by atoms with Crippen molar-refractivity contribution in [3.05, 3.63) is 29.8 Å². The fraction of sp³-hybridized carbons (Fsp3) is 0.500. The summed E-state index contributed by atoms with van der Waals surface area (Å²) in [5.41, 5.74) is -2.10. The van der Waals surface area contributed by atoms with Crippen LogP contribution in [0, 0.1) is 0 Å². The van der Waals surface area contributed by atoms with Crippen LogP contribution in [0.2, 0.25) is 0 Å². The zero-order valence-corrected chi connectivity index (χ0v) is 12.1. The van der Waals surface area contributed by atoms with Crippen LogP contribution in [-0.4, -0.2) is 31.8 Å². The molecule has 1 N–H and O–H groups in total. The summed E-state index contributed by atoms with van der Waals surface area (Å²) >= 11 is 0. The van der Waals surface area contributed by atoms with Crippen LogP contribution in [0.25, 0.3) is 0 Å². The lowest BCUT2D eigenvalue weighted by atomic mass is 10.0. The quantitative estimate of drug-likeness (QED) is 0.821. The number of hydrogen-bond acceptors (Lipinski definition) is 4. The van der Waals surface area contributed by atoms with E-state index in [2.05, 4.69) is 10.1 Å². The SMILES string of the molecule is CCNC(C)(COc1ccccc1C(F)(F)F)C(=O)OC. The van der Waals surface area contributed by atoms with E-state index in [0.29, 0.717) is 6.54 Å². The lowest BCUT2D eigenvalue weighted by Gasteiger charge is -2.28. The first kappa shape index (κ1) is 17.3. The molecule has 1 aromatic rings. The van der Waals surface area contributed by atoms with E-state index >= 15 is 0 Å². The van der Waals surface area contributed by atoms with Gasteiger partial charge in [0.1, 0.15) is 17.9 Å². The number of rotatable bonds is 6. The normalized spacial score (nSPS) is 14.4. The predicted molar refractivity (Wildman–Crippen MR) is 71.0 cm³/mol. The number of benzene rings is 1. The monoisotopic (exact) mass is 305 g/mol. The summed E-state index contributed by atoms with van der Waals surface area (Å²) in [6.07, 6.45) is -4.52. The summed E-state index contributed by atoms with van der Waals surface area (Å²) in [7, 11) is 1.21. The minimum Gasteiger partial charge on any atom is -0.490 e. The highest BCUT2D eigenvalue weighted by Crippen LogP contribution is 2.36. The minimum absolute atomic E-state index is 0.277. The Morgan fingerprint density at radius 2 is 1.90 bits per heavy atom. The summed E-state index contributed by atoms with van der Waals surface area (Å²) in [4.78, 5) is 11.7. The molecule has 0 aromatic heterocycles. The van der Waals surface area contributed by atoms with E-state index in [0.717, 1.165) is 6.07 Å². The predicted octanol–water partition coefficient (Wildman–Crippen LogP) is 2.63. The van der Waals surface area contributed by atoms with E-state index in [9.17, 15) is 18.0 Å². The number of carbonyl (C=O) groups is 1. The van der Waals surface area contributed by atoms with Crippen molar-refractivity contribution < 1.29 is 27.4 Å². The van der Waals surface area contributed by atoms with E-state index in [1.165, 1.54) is 32.2 Å². The summed E-state index contributed by atoms with van der Waals surface area (Å²) in [6.45, 7) is 3.44. The van der Waals surface area contributed by atoms with Crippen molar-refractivity contribution in [1.29, 1.82) is 0 Å². The second kappa shape index (κ2) is 6.80. The van der Waals surface area contributed by atoms with Gasteiger partial charge in [0.25, 0.3) is 0 Å². The minimum atomic E-state index is -4.52. The molecule has 4 nitrogen and oxygen atoms in total. The topological polar surface area (TPSA) is 47.6 Å². The third-order valence-corrected chi connectivity index (χ3v) is 2.91. The van der Waals surface area contributed by atoms with Crippen molar-refractivity contribution >= 4 is 5.97 Å². The maximum Gasteiger partial charge on any atom is 0.419 e. The van der Waals surface area contributed by atoms with E-state index in [-0.39, 0.29) is 12.4 Å². The lowest BCUT2D eigenvalue weighted by Crippen LogP contribution is -2.54. The molecule has 0 heterocycles. The van der Waals surface area contributed by atoms with Gasteiger partial charge in [-0.2, -0.15) is 13.2 Å². The van der Waals surface area contributed by atoms with Gasteiger partial charge in [-0.1, -0.05) is 19.1 Å². The highest BCUT2D eigenvalue weighted by molar-refractivity contribution is 5.80. The Hall–Kier alpha value is -1.76. The number of hydrogen-bond donors (Lipinski definition) is 1. The number of halogens is 3. The molecule has 0 saturated heterocycles. The van der Waals surface area contributed by atoms with Gasteiger partial charge in [-0.25, -0.2) is 4.79 Å². The number of carbonyl (C=O) groups excluding carboxylic acids is 1. The Morgan fingerprint density at radius 3 is 2.43 bits per heavy atom. The molecule has 1 unspecified atom stereocenters. The maximum absolute atomic E-state index is 12.9. The van der Waals surface area contributed by atoms with Gasteiger partial charge in [0.05, 0.1) is 12.7 Å². The third kappa shape index (κ3) is 4.35. The van der Waals surface area contributed by atoms with Crippen LogP contribution in [0.5, 0.6) is 5.75 Å². The number of ether oxygens (including phenoxy) is 2. The van der Waals surface area contributed by atoms with Gasteiger partial charge in [-0.15, -0.1) is 0 Å². The molecule has 0 spiro atoms. The highest BCUT2D eigenvalue weighted by atomic mass is 19.4. The molecule has 1 aromatic carbocycles. The third-order valence-electron chi connectivity index (χ3n) is 2.91. The first-order chi connectivity index (χ1) is 9.74. The van der Waals surface area contributed by atoms with Crippen molar-refractivity contribution in [2.45, 2.75) is 25.6 Å². The number of alkyl halides is 3. The number of likely N-dealkylation sites (N-methyl/N-ethyl adjacent to an activating group) is 1. The largest absolute Gasteiger partial charge is 0.490 e. The van der Waals surface area contributed by atoms with Crippen LogP contribution in [-0.2, 0) is 15.7 Å². The maximum atomic E-state index is 12.9. The molecule has 0 radical (unpaired) electrons. The summed E-state index contributed by atoms with van der Waals surface area (Å²) < 4.78 is 48.4. The Kier molecular flexibility index (Phi) is 5.60. The molecule has 0 fully saturated rings. The Bertz CT molecular complexity index is 491. The van der Waals surface area contributed by atoms with Crippen LogP contribution in [0.4, 0.5) is 13.2 Å². The van der Waals surface area contributed by atoms with E-state index < -0.39 is 23.2 Å². The molecule has 0 saturated carbocycles. The molecule has 0 aliphatic heterocycles. The average Bonchev–Trinajstić information content (AvgIpc) is 2.44. The van der Waals surface area contributed by atoms with Gasteiger partial charge in [-0.3, -0.25) is 5.32 Å². The van der Waals surface area contributed by atoms with E-state index in [1.54, 1.807) is 6.92 Å². The van der Waals surface area contributed by atoms with Gasteiger partial charge in [-0.05, 0) is 25.6 Å². The zero-order valence-electron chi connectivity index (χ0n) is 12.1. The van der Waals surface area contributed by atoms with Crippen LogP contribution in [0.3, 0.4) is 0 Å². The summed E-state index contributed by atoms with van der Waals surface area (Å²) in [6, 6.07) is 4.86. The number of methoxy groups -OCH3 is 1. The molecule has 0 aliphatic rings. The molecule has 0 aliphatic carbocycles. The van der Waals surface area contributed by atoms with Crippen LogP contribution < -0.4 is 10.1 Å². The molecular weight excluding hydrogens is 287 g/mol. The lowest BCUT2D eigenvalue weighted by molar-refractivity contribution is -0.149. The molecule has 1 rings (SSSR count). The van der Waals surface area contributed by atoms with Crippen LogP contribution >= 0.6 is 0 Å². The summed E-state index contributed by atoms with van der Waals surface area (Å²) in [5.74, 6) is -0.924. The Labute approximate surface area is 121 Å². The molecule has 0 amide bonds. The van der Waals surface area contributed by atoms with Crippen molar-refractivity contribution in [2.75, 3.05) is 20.3 Å². The highest BCUT2D eigenvalue weighted by Gasteiger charge is 2.37. The Morgan fingerprint density at radius 1 is 1.29 bits per heavy atom. The van der Waals surface area contributed by atoms with Gasteiger partial charge < -0.3 is 9.47 Å². The molecular formula is C14H18F3NO3. The average molecular weight is 305 g/mol. The van der Waals surface area contributed by atoms with Crippen molar-refractivity contribution in [3.8, 4) is 5.75 Å². The number of para-hydroxylation sites is 1. The first-order valence-corrected chi connectivity index (χ1v) is 6.37. The van der Waals surface area contributed by atoms with Crippen LogP contribution in [0.15, 0.2) is 24.3 Å². The molecule has 21 heavy (non-hydrogen) atoms. The van der Waals surface area contributed by atoms with E-state index in [1.807, 2.05) is 0 Å². The van der Waals surface area contributed by atoms with Crippen molar-refractivity contribution in [1.82, 2.24) is 5.32 Å². The molecule has 1 atom stereocenters. The first-order valence-electron chi connectivity index (χ1n) is 6.37. The second-order valence-corrected chi connectivity index (χ2v) is 4.64. The number of nitrogens with one attached hydrogen (secondary N) is 1. The fourth-order valence-corrected chi connectivity index (χ4v) is 1.85. The molecule has 0 bridgehead atoms. The smallest absolute Gasteiger partial charge is 0.419 e. The fourth-order valence-electron chi connectivity index (χ4n) is 1.85. The summed E-state index contributed by atoms with van der Waals surface area (Å²) in [5, 5.41) is 2.86. The van der Waals surface area contributed by atoms with Crippen LogP contribution in [0.1, 0.15) is 19.4 Å². The van der Waals surface area contributed by atoms with Gasteiger partial charge in [0, 0.05) is 0 Å². The second-order valence-electron chi connectivity index (χ2n) is 4.64. The van der Waals surface area contributed by atoms with Crippen molar-refractivity contribution in [2.24, 2.45) is 0 Å². The Balaban J connectivity index is 2.94. The van der Waals surface area contributed by atoms with E-state index in [4.69, 9.17) is 4.74 Å². The number of esters is 1. The molecule has 7 heteroatoms. The van der Waals surface area contributed by atoms with Crippen molar-refractivity contribution in [3.63, 3.8) is 0 Å². The zero-order chi connectivity index (χ0) is 16.1. The standard InChI is InChI=1S/C14H18F3NO3/c1-4-18-13(2,12(19)20-3)9-21-11-8-6-5-7-10(11)14(15,16)17/h5-8,18H,4,9H2,1-3H3. The molecule has 118 valence electrons. The van der Waals surface area contributed by atoms with Gasteiger partial charge >= 0.3 is 12.1 Å². The van der Waals surface area contributed by atoms with Gasteiger partial charge in [0.15, 0.2) is 0 Å². The van der Waals surface area contributed by atoms with Gasteiger partial charge in [0.2, 0.25) is 0 Å².